The van der Waals surface area contributed by atoms with Crippen molar-refractivity contribution in [1.82, 2.24) is 0 Å². The van der Waals surface area contributed by atoms with Gasteiger partial charge in [-0.05, 0) is 43.9 Å². The summed E-state index contributed by atoms with van der Waals surface area (Å²) in [6.45, 7) is 0. The van der Waals surface area contributed by atoms with Crippen LogP contribution in [0.1, 0.15) is 42.5 Å². The predicted molar refractivity (Wildman–Crippen MR) is 73.8 cm³/mol. The minimum absolute atomic E-state index is 0.230. The molecule has 2 aliphatic heterocycles. The zero-order valence-corrected chi connectivity index (χ0v) is 12.2. The van der Waals surface area contributed by atoms with Crippen LogP contribution in [0.25, 0.3) is 0 Å². The monoisotopic (exact) mass is 314 g/mol. The van der Waals surface area contributed by atoms with Gasteiger partial charge in [-0.1, -0.05) is 6.42 Å². The summed E-state index contributed by atoms with van der Waals surface area (Å²) in [5, 5.41) is -1.01. The van der Waals surface area contributed by atoms with Crippen LogP contribution in [-0.4, -0.2) is 24.7 Å². The second-order valence-electron chi connectivity index (χ2n) is 5.92. The average molecular weight is 314 g/mol. The molecular formula is C15H16F2O3S. The molecule has 0 amide bonds. The maximum atomic E-state index is 13.7. The molecule has 0 aromatic heterocycles. The van der Waals surface area contributed by atoms with Gasteiger partial charge in [-0.25, -0.2) is 17.2 Å². The molecule has 2 atom stereocenters. The Kier molecular flexibility index (Phi) is 3.59. The third-order valence-electron chi connectivity index (χ3n) is 4.64. The van der Waals surface area contributed by atoms with Gasteiger partial charge in [-0.3, -0.25) is 4.79 Å². The first-order chi connectivity index (χ1) is 9.89. The van der Waals surface area contributed by atoms with Gasteiger partial charge in [-0.15, -0.1) is 0 Å². The normalized spacial score (nSPS) is 30.9. The van der Waals surface area contributed by atoms with Crippen LogP contribution in [0.15, 0.2) is 18.2 Å². The molecule has 0 saturated carbocycles. The first-order valence-corrected chi connectivity index (χ1v) is 8.72. The lowest BCUT2D eigenvalue weighted by Gasteiger charge is -2.38. The summed E-state index contributed by atoms with van der Waals surface area (Å²) < 4.78 is 51.3. The van der Waals surface area contributed by atoms with Crippen molar-refractivity contribution in [2.45, 2.75) is 42.6 Å². The molecule has 2 saturated heterocycles. The molecule has 1 aromatic rings. The fourth-order valence-corrected chi connectivity index (χ4v) is 6.06. The van der Waals surface area contributed by atoms with Crippen molar-refractivity contribution in [3.63, 3.8) is 0 Å². The molecule has 1 aromatic carbocycles. The highest BCUT2D eigenvalue weighted by molar-refractivity contribution is 7.92. The topological polar surface area (TPSA) is 51.2 Å². The maximum Gasteiger partial charge on any atom is 0.169 e. The van der Waals surface area contributed by atoms with Crippen molar-refractivity contribution >= 4 is 15.6 Å². The molecule has 3 nitrogen and oxygen atoms in total. The average Bonchev–Trinajstić information content (AvgIpc) is 2.39. The largest absolute Gasteiger partial charge is 0.294 e. The van der Waals surface area contributed by atoms with E-state index < -0.39 is 43.7 Å². The van der Waals surface area contributed by atoms with Crippen LogP contribution in [0.4, 0.5) is 8.78 Å². The molecule has 114 valence electrons. The summed E-state index contributed by atoms with van der Waals surface area (Å²) in [5.74, 6) is -2.41. The van der Waals surface area contributed by atoms with Gasteiger partial charge < -0.3 is 0 Å². The maximum absolute atomic E-state index is 13.7. The second-order valence-corrected chi connectivity index (χ2v) is 8.43. The Labute approximate surface area is 122 Å². The summed E-state index contributed by atoms with van der Waals surface area (Å²) in [4.78, 5) is 12.4. The van der Waals surface area contributed by atoms with Gasteiger partial charge in [-0.2, -0.15) is 0 Å². The molecule has 3 rings (SSSR count). The molecule has 2 heterocycles. The zero-order chi connectivity index (χ0) is 15.2. The number of carbonyl (C=O) groups excluding carboxylic acids is 1. The molecule has 0 N–H and O–H groups in total. The number of carbonyl (C=O) groups is 1. The fourth-order valence-electron chi connectivity index (χ4n) is 3.53. The van der Waals surface area contributed by atoms with Gasteiger partial charge in [0.05, 0.1) is 16.1 Å². The zero-order valence-electron chi connectivity index (χ0n) is 11.4. The number of hydrogen-bond donors (Lipinski definition) is 0. The van der Waals surface area contributed by atoms with E-state index in [1.807, 2.05) is 0 Å². The number of sulfone groups is 1. The number of ketones is 1. The van der Waals surface area contributed by atoms with Gasteiger partial charge in [0.1, 0.15) is 11.6 Å². The fraction of sp³-hybridized carbons (Fsp3) is 0.533. The molecule has 2 aliphatic rings. The molecule has 2 bridgehead atoms. The van der Waals surface area contributed by atoms with Crippen molar-refractivity contribution < 1.29 is 22.0 Å². The summed E-state index contributed by atoms with van der Waals surface area (Å²) >= 11 is 0. The van der Waals surface area contributed by atoms with E-state index in [1.165, 1.54) is 0 Å². The summed E-state index contributed by atoms with van der Waals surface area (Å²) in [6.07, 6.45) is 2.44. The van der Waals surface area contributed by atoms with Crippen LogP contribution in [0.2, 0.25) is 0 Å². The Morgan fingerprint density at radius 3 is 2.33 bits per heavy atom. The van der Waals surface area contributed by atoms with Crippen molar-refractivity contribution in [3.05, 3.63) is 35.4 Å². The van der Waals surface area contributed by atoms with Crippen molar-refractivity contribution in [2.75, 3.05) is 0 Å². The van der Waals surface area contributed by atoms with E-state index in [0.717, 1.165) is 24.6 Å². The first kappa shape index (κ1) is 14.6. The molecule has 0 radical (unpaired) electrons. The van der Waals surface area contributed by atoms with Crippen LogP contribution >= 0.6 is 0 Å². The number of rotatable bonds is 2. The smallest absolute Gasteiger partial charge is 0.169 e. The Morgan fingerprint density at radius 2 is 1.71 bits per heavy atom. The molecule has 0 spiro atoms. The van der Waals surface area contributed by atoms with E-state index in [9.17, 15) is 22.0 Å². The van der Waals surface area contributed by atoms with Gasteiger partial charge in [0, 0.05) is 5.92 Å². The van der Waals surface area contributed by atoms with Gasteiger partial charge in [0.2, 0.25) is 0 Å². The van der Waals surface area contributed by atoms with Crippen molar-refractivity contribution in [2.24, 2.45) is 5.92 Å². The highest BCUT2D eigenvalue weighted by atomic mass is 32.2. The van der Waals surface area contributed by atoms with E-state index in [1.54, 1.807) is 0 Å². The van der Waals surface area contributed by atoms with E-state index in [4.69, 9.17) is 0 Å². The van der Waals surface area contributed by atoms with Crippen LogP contribution in [0, 0.1) is 17.6 Å². The lowest BCUT2D eigenvalue weighted by atomic mass is 9.84. The van der Waals surface area contributed by atoms with Crippen LogP contribution in [-0.2, 0) is 9.84 Å². The summed E-state index contributed by atoms with van der Waals surface area (Å²) in [6, 6.07) is 2.80. The van der Waals surface area contributed by atoms with Crippen molar-refractivity contribution in [1.29, 1.82) is 0 Å². The van der Waals surface area contributed by atoms with Crippen LogP contribution in [0.3, 0.4) is 0 Å². The first-order valence-electron chi connectivity index (χ1n) is 7.11. The molecule has 21 heavy (non-hydrogen) atoms. The Hall–Kier alpha value is -1.30. The molecule has 2 unspecified atom stereocenters. The van der Waals surface area contributed by atoms with Gasteiger partial charge in [0.25, 0.3) is 0 Å². The summed E-state index contributed by atoms with van der Waals surface area (Å²) in [5.41, 5.74) is -0.266. The number of benzene rings is 1. The minimum atomic E-state index is -3.15. The Bertz CT molecular complexity index is 664. The van der Waals surface area contributed by atoms with Crippen LogP contribution in [0.5, 0.6) is 0 Å². The number of hydrogen-bond acceptors (Lipinski definition) is 3. The lowest BCUT2D eigenvalue weighted by Crippen LogP contribution is -2.45. The number of Topliss-reactive ketones (excluding diaryl/α,β-unsaturated/α-hetero) is 1. The second kappa shape index (κ2) is 5.16. The highest BCUT2D eigenvalue weighted by Crippen LogP contribution is 2.40. The number of fused-ring (bicyclic) bond motifs is 2. The quantitative estimate of drug-likeness (QED) is 0.789. The SMILES string of the molecule is O=C(c1cc(F)ccc1F)C1CC2CCCC(C1)S2(=O)=O. The third-order valence-corrected chi connectivity index (χ3v) is 7.36. The Morgan fingerprint density at radius 1 is 1.10 bits per heavy atom. The third kappa shape index (κ3) is 2.50. The van der Waals surface area contributed by atoms with E-state index in [2.05, 4.69) is 0 Å². The van der Waals surface area contributed by atoms with Crippen molar-refractivity contribution in [3.8, 4) is 0 Å². The highest BCUT2D eigenvalue weighted by Gasteiger charge is 2.46. The molecule has 6 heteroatoms. The lowest BCUT2D eigenvalue weighted by molar-refractivity contribution is 0.0889. The molecule has 2 fully saturated rings. The van der Waals surface area contributed by atoms with Gasteiger partial charge >= 0.3 is 0 Å². The number of halogens is 2. The molecular weight excluding hydrogens is 298 g/mol. The van der Waals surface area contributed by atoms with E-state index >= 15 is 0 Å². The minimum Gasteiger partial charge on any atom is -0.294 e. The van der Waals surface area contributed by atoms with Crippen LogP contribution < -0.4 is 0 Å². The standard InChI is InChI=1S/C15H16F2O3S/c16-10-4-5-14(17)13(8-10)15(18)9-6-11-2-1-3-12(7-9)21(11,19)20/h4-5,8-9,11-12H,1-3,6-7H2. The molecule has 0 aliphatic carbocycles. The van der Waals surface area contributed by atoms with E-state index in [-0.39, 0.29) is 18.4 Å². The Balaban J connectivity index is 1.89. The summed E-state index contributed by atoms with van der Waals surface area (Å²) in [7, 11) is -3.15. The van der Waals surface area contributed by atoms with Gasteiger partial charge in [0.15, 0.2) is 15.6 Å². The van der Waals surface area contributed by atoms with E-state index in [0.29, 0.717) is 12.8 Å². The predicted octanol–water partition coefficient (Wildman–Crippen LogP) is 2.89.